The first-order valence-corrected chi connectivity index (χ1v) is 6.86. The van der Waals surface area contributed by atoms with Crippen LogP contribution in [-0.4, -0.2) is 45.9 Å². The molecule has 0 aliphatic rings. The zero-order valence-electron chi connectivity index (χ0n) is 11.4. The minimum atomic E-state index is -0.128. The van der Waals surface area contributed by atoms with Gasteiger partial charge in [0.25, 0.3) is 5.91 Å². The van der Waals surface area contributed by atoms with Gasteiger partial charge < -0.3 is 20.1 Å². The third kappa shape index (κ3) is 9.14. The summed E-state index contributed by atoms with van der Waals surface area (Å²) >= 11 is 3.33. The summed E-state index contributed by atoms with van der Waals surface area (Å²) in [7, 11) is 1.66. The smallest absolute Gasteiger partial charge is 0.257 e. The molecule has 0 bridgehead atoms. The summed E-state index contributed by atoms with van der Waals surface area (Å²) in [6.07, 6.45) is 0. The molecule has 1 aromatic rings. The van der Waals surface area contributed by atoms with Gasteiger partial charge in [0.05, 0.1) is 6.61 Å². The molecule has 1 aromatic carbocycles. The van der Waals surface area contributed by atoms with Crippen molar-refractivity contribution in [3.05, 3.63) is 28.7 Å². The summed E-state index contributed by atoms with van der Waals surface area (Å²) in [6.45, 7) is 2.77. The van der Waals surface area contributed by atoms with Crippen molar-refractivity contribution in [2.45, 2.75) is 0 Å². The Balaban J connectivity index is 0.00000361. The topological polar surface area (TPSA) is 59.6 Å². The lowest BCUT2D eigenvalue weighted by molar-refractivity contribution is -0.123. The number of carbonyl (C=O) groups excluding carboxylic acids is 1. The van der Waals surface area contributed by atoms with Crippen molar-refractivity contribution in [1.29, 1.82) is 0 Å². The fourth-order valence-electron chi connectivity index (χ4n) is 1.32. The standard InChI is InChI=1S/C13H19BrN2O3.ClH/c1-18-9-8-15-6-7-16-13(17)10-19-12-4-2-11(14)3-5-12;/h2-5,15H,6-10H2,1H3,(H,16,17);1H. The number of hydrogen-bond donors (Lipinski definition) is 2. The maximum atomic E-state index is 11.5. The zero-order valence-corrected chi connectivity index (χ0v) is 13.8. The molecule has 0 aliphatic carbocycles. The van der Waals surface area contributed by atoms with Gasteiger partial charge in [-0.25, -0.2) is 0 Å². The molecule has 0 saturated heterocycles. The SMILES string of the molecule is COCCNCCNC(=O)COc1ccc(Br)cc1.Cl. The Labute approximate surface area is 133 Å². The summed E-state index contributed by atoms with van der Waals surface area (Å²) < 4.78 is 11.2. The first-order chi connectivity index (χ1) is 9.22. The molecule has 0 heterocycles. The van der Waals surface area contributed by atoms with Crippen LogP contribution in [0.1, 0.15) is 0 Å². The highest BCUT2D eigenvalue weighted by molar-refractivity contribution is 9.10. The van der Waals surface area contributed by atoms with Crippen LogP contribution in [0.4, 0.5) is 0 Å². The molecule has 0 saturated carbocycles. The van der Waals surface area contributed by atoms with Gasteiger partial charge in [-0.15, -0.1) is 12.4 Å². The highest BCUT2D eigenvalue weighted by Crippen LogP contribution is 2.15. The summed E-state index contributed by atoms with van der Waals surface area (Å²) in [5.74, 6) is 0.549. The lowest BCUT2D eigenvalue weighted by atomic mass is 10.3. The fraction of sp³-hybridized carbons (Fsp3) is 0.462. The molecule has 0 aromatic heterocycles. The number of ether oxygens (including phenoxy) is 2. The molecule has 7 heteroatoms. The van der Waals surface area contributed by atoms with Crippen molar-refractivity contribution >= 4 is 34.2 Å². The average molecular weight is 368 g/mol. The minimum Gasteiger partial charge on any atom is -0.484 e. The van der Waals surface area contributed by atoms with E-state index in [9.17, 15) is 4.79 Å². The predicted molar refractivity (Wildman–Crippen MR) is 84.6 cm³/mol. The minimum absolute atomic E-state index is 0. The van der Waals surface area contributed by atoms with E-state index in [4.69, 9.17) is 9.47 Å². The van der Waals surface area contributed by atoms with Crippen molar-refractivity contribution in [3.63, 3.8) is 0 Å². The van der Waals surface area contributed by atoms with Crippen molar-refractivity contribution in [1.82, 2.24) is 10.6 Å². The Hall–Kier alpha value is -0.820. The van der Waals surface area contributed by atoms with Crippen molar-refractivity contribution in [3.8, 4) is 5.75 Å². The first kappa shape index (κ1) is 19.2. The number of rotatable bonds is 9. The lowest BCUT2D eigenvalue weighted by Crippen LogP contribution is -2.35. The normalized spacial score (nSPS) is 9.70. The van der Waals surface area contributed by atoms with Crippen LogP contribution in [0.5, 0.6) is 5.75 Å². The van der Waals surface area contributed by atoms with Gasteiger partial charge in [0, 0.05) is 31.2 Å². The molecule has 0 aliphatic heterocycles. The van der Waals surface area contributed by atoms with Gasteiger partial charge in [0.15, 0.2) is 6.61 Å². The Kier molecular flexibility index (Phi) is 11.5. The van der Waals surface area contributed by atoms with E-state index in [0.29, 0.717) is 25.4 Å². The molecule has 1 amide bonds. The van der Waals surface area contributed by atoms with Gasteiger partial charge in [0.2, 0.25) is 0 Å². The molecule has 5 nitrogen and oxygen atoms in total. The average Bonchev–Trinajstić information content (AvgIpc) is 2.42. The summed E-state index contributed by atoms with van der Waals surface area (Å²) in [5.41, 5.74) is 0. The monoisotopic (exact) mass is 366 g/mol. The molecular formula is C13H20BrClN2O3. The molecule has 0 atom stereocenters. The van der Waals surface area contributed by atoms with Gasteiger partial charge in [-0.3, -0.25) is 4.79 Å². The van der Waals surface area contributed by atoms with Gasteiger partial charge in [-0.1, -0.05) is 15.9 Å². The molecule has 0 fully saturated rings. The first-order valence-electron chi connectivity index (χ1n) is 6.07. The molecule has 114 valence electrons. The van der Waals surface area contributed by atoms with Crippen LogP contribution in [0.25, 0.3) is 0 Å². The summed E-state index contributed by atoms with van der Waals surface area (Å²) in [4.78, 5) is 11.5. The molecule has 20 heavy (non-hydrogen) atoms. The Morgan fingerprint density at radius 3 is 2.55 bits per heavy atom. The van der Waals surface area contributed by atoms with Gasteiger partial charge in [-0.05, 0) is 24.3 Å². The van der Waals surface area contributed by atoms with Crippen LogP contribution in [0, 0.1) is 0 Å². The predicted octanol–water partition coefficient (Wildman–Crippen LogP) is 1.60. The van der Waals surface area contributed by atoms with E-state index in [1.807, 2.05) is 24.3 Å². The number of carbonyl (C=O) groups is 1. The molecule has 1 rings (SSSR count). The fourth-order valence-corrected chi connectivity index (χ4v) is 1.58. The van der Waals surface area contributed by atoms with Crippen molar-refractivity contribution < 1.29 is 14.3 Å². The van der Waals surface area contributed by atoms with Crippen molar-refractivity contribution in [2.75, 3.05) is 40.0 Å². The number of amides is 1. The van der Waals surface area contributed by atoms with E-state index in [2.05, 4.69) is 26.6 Å². The number of hydrogen-bond acceptors (Lipinski definition) is 4. The van der Waals surface area contributed by atoms with Gasteiger partial charge in [-0.2, -0.15) is 0 Å². The summed E-state index contributed by atoms with van der Waals surface area (Å²) in [6, 6.07) is 7.35. The van der Waals surface area contributed by atoms with Gasteiger partial charge >= 0.3 is 0 Å². The largest absolute Gasteiger partial charge is 0.484 e. The highest BCUT2D eigenvalue weighted by atomic mass is 79.9. The second kappa shape index (κ2) is 12.0. The van der Waals surface area contributed by atoms with Crippen molar-refractivity contribution in [2.24, 2.45) is 0 Å². The number of methoxy groups -OCH3 is 1. The molecule has 0 spiro atoms. The number of halogens is 2. The second-order valence-corrected chi connectivity index (χ2v) is 4.75. The van der Waals surface area contributed by atoms with Crippen LogP contribution >= 0.6 is 28.3 Å². The van der Waals surface area contributed by atoms with Crippen LogP contribution < -0.4 is 15.4 Å². The second-order valence-electron chi connectivity index (χ2n) is 3.84. The molecule has 0 unspecified atom stereocenters. The van der Waals surface area contributed by atoms with Crippen LogP contribution in [0.15, 0.2) is 28.7 Å². The van der Waals surface area contributed by atoms with Crippen LogP contribution in [-0.2, 0) is 9.53 Å². The van der Waals surface area contributed by atoms with Gasteiger partial charge in [0.1, 0.15) is 5.75 Å². The number of nitrogens with one attached hydrogen (secondary N) is 2. The Morgan fingerprint density at radius 1 is 1.20 bits per heavy atom. The van der Waals surface area contributed by atoms with E-state index in [1.54, 1.807) is 7.11 Å². The third-order valence-electron chi connectivity index (χ3n) is 2.29. The van der Waals surface area contributed by atoms with Crippen LogP contribution in [0.2, 0.25) is 0 Å². The maximum Gasteiger partial charge on any atom is 0.257 e. The number of benzene rings is 1. The molecule has 2 N–H and O–H groups in total. The highest BCUT2D eigenvalue weighted by Gasteiger charge is 2.01. The van der Waals surface area contributed by atoms with E-state index in [0.717, 1.165) is 11.0 Å². The molecular weight excluding hydrogens is 348 g/mol. The van der Waals surface area contributed by atoms with Crippen LogP contribution in [0.3, 0.4) is 0 Å². The maximum absolute atomic E-state index is 11.5. The lowest BCUT2D eigenvalue weighted by Gasteiger charge is -2.08. The van der Waals surface area contributed by atoms with E-state index >= 15 is 0 Å². The molecule has 0 radical (unpaired) electrons. The van der Waals surface area contributed by atoms with E-state index in [-0.39, 0.29) is 24.9 Å². The van der Waals surface area contributed by atoms with E-state index in [1.165, 1.54) is 0 Å². The summed E-state index contributed by atoms with van der Waals surface area (Å²) in [5, 5.41) is 5.90. The quantitative estimate of drug-likeness (QED) is 0.651. The Bertz CT molecular complexity index is 376. The third-order valence-corrected chi connectivity index (χ3v) is 2.82. The Morgan fingerprint density at radius 2 is 1.90 bits per heavy atom. The van der Waals surface area contributed by atoms with E-state index < -0.39 is 0 Å². The zero-order chi connectivity index (χ0) is 13.9.